The summed E-state index contributed by atoms with van der Waals surface area (Å²) in [6, 6.07) is 8.21. The molecule has 2 aliphatic rings. The fraction of sp³-hybridized carbons (Fsp3) is 0.357. The summed E-state index contributed by atoms with van der Waals surface area (Å²) in [5.41, 5.74) is -0.848. The van der Waals surface area contributed by atoms with Crippen LogP contribution in [-0.4, -0.2) is 73.8 Å². The predicted octanol–water partition coefficient (Wildman–Crippen LogP) is 3.00. The number of nitro benzene ring substituents is 1. The second-order valence-electron chi connectivity index (χ2n) is 10.8. The third-order valence-electron chi connectivity index (χ3n) is 7.84. The van der Waals surface area contributed by atoms with E-state index in [2.05, 4.69) is 27.2 Å². The van der Waals surface area contributed by atoms with Crippen molar-refractivity contribution >= 4 is 22.4 Å². The lowest BCUT2D eigenvalue weighted by atomic mass is 9.91. The van der Waals surface area contributed by atoms with Gasteiger partial charge in [-0.2, -0.15) is 0 Å². The number of carbonyl (C=O) groups excluding carboxylic acids is 1. The monoisotopic (exact) mass is 560 g/mol. The minimum absolute atomic E-state index is 0.0931. The van der Waals surface area contributed by atoms with Gasteiger partial charge in [-0.05, 0) is 25.2 Å². The Morgan fingerprint density at radius 1 is 1.10 bits per heavy atom. The van der Waals surface area contributed by atoms with Crippen LogP contribution in [0.5, 0.6) is 11.5 Å². The summed E-state index contributed by atoms with van der Waals surface area (Å²) in [7, 11) is 2.06. The van der Waals surface area contributed by atoms with Crippen LogP contribution in [-0.2, 0) is 12.3 Å². The minimum atomic E-state index is -1.64. The largest absolute Gasteiger partial charge is 0.507 e. The molecule has 13 nitrogen and oxygen atoms in total. The summed E-state index contributed by atoms with van der Waals surface area (Å²) in [6.45, 7) is 7.37. The molecule has 41 heavy (non-hydrogen) atoms. The molecule has 1 fully saturated rings. The fourth-order valence-corrected chi connectivity index (χ4v) is 5.50. The van der Waals surface area contributed by atoms with Crippen molar-refractivity contribution in [2.45, 2.75) is 26.1 Å². The Hall–Kier alpha value is -4.62. The van der Waals surface area contributed by atoms with E-state index in [9.17, 15) is 24.8 Å². The van der Waals surface area contributed by atoms with Crippen molar-refractivity contribution in [1.29, 1.82) is 0 Å². The lowest BCUT2D eigenvalue weighted by Crippen LogP contribution is -2.48. The first-order valence-electron chi connectivity index (χ1n) is 13.2. The topological polar surface area (TPSA) is 157 Å². The Labute approximate surface area is 233 Å². The Kier molecular flexibility index (Phi) is 6.35. The molecule has 1 atom stereocenters. The third-order valence-corrected chi connectivity index (χ3v) is 7.84. The number of piperazine rings is 1. The Bertz CT molecular complexity index is 1750. The van der Waals surface area contributed by atoms with Gasteiger partial charge in [0.05, 0.1) is 27.8 Å². The van der Waals surface area contributed by atoms with Gasteiger partial charge in [0, 0.05) is 62.2 Å². The van der Waals surface area contributed by atoms with Crippen LogP contribution in [0.1, 0.15) is 29.8 Å². The molecule has 2 aromatic heterocycles. The second kappa shape index (κ2) is 9.78. The summed E-state index contributed by atoms with van der Waals surface area (Å²) in [5, 5.41) is 30.7. The summed E-state index contributed by atoms with van der Waals surface area (Å²) in [6.07, 6.45) is 1.43. The molecule has 0 spiro atoms. The van der Waals surface area contributed by atoms with Crippen molar-refractivity contribution in [1.82, 2.24) is 24.8 Å². The van der Waals surface area contributed by atoms with Gasteiger partial charge in [-0.25, -0.2) is 9.48 Å². The number of benzene rings is 2. The maximum Gasteiger partial charge on any atom is 0.336 e. The molecule has 2 aromatic carbocycles. The molecule has 6 rings (SSSR count). The van der Waals surface area contributed by atoms with Crippen molar-refractivity contribution in [2.75, 3.05) is 33.2 Å². The highest BCUT2D eigenvalue weighted by atomic mass is 16.6. The Balaban J connectivity index is 1.47. The first-order valence-corrected chi connectivity index (χ1v) is 13.2. The molecule has 1 unspecified atom stereocenters. The molecule has 212 valence electrons. The lowest BCUT2D eigenvalue weighted by molar-refractivity contribution is -0.384. The molecule has 4 heterocycles. The highest BCUT2D eigenvalue weighted by Crippen LogP contribution is 2.47. The van der Waals surface area contributed by atoms with Gasteiger partial charge in [-0.15, -0.1) is 5.10 Å². The lowest BCUT2D eigenvalue weighted by Gasteiger charge is -2.33. The smallest absolute Gasteiger partial charge is 0.336 e. The zero-order valence-corrected chi connectivity index (χ0v) is 22.7. The number of ketones is 1. The zero-order chi connectivity index (χ0) is 29.1. The molecular weight excluding hydrogens is 532 g/mol. The van der Waals surface area contributed by atoms with E-state index in [0.717, 1.165) is 26.2 Å². The van der Waals surface area contributed by atoms with Crippen LogP contribution in [0.2, 0.25) is 0 Å². The number of Topliss-reactive ketones (excluding diaryl/α,β-unsaturated/α-hetero) is 1. The van der Waals surface area contributed by atoms with Crippen molar-refractivity contribution in [3.63, 3.8) is 0 Å². The molecule has 2 aliphatic heterocycles. The SMILES string of the molecule is CC(C)C1(n2cc(-c3cc([N+](=O)[O-])ccc3O)nn2)Oc2c(cc3ccc(=O)oc3c2CN2CCN(C)CC2)C1=O. The first kappa shape index (κ1) is 26.6. The Morgan fingerprint density at radius 2 is 1.85 bits per heavy atom. The van der Waals surface area contributed by atoms with Gasteiger partial charge in [-0.1, -0.05) is 19.1 Å². The number of ether oxygens (including phenoxy) is 1. The summed E-state index contributed by atoms with van der Waals surface area (Å²) in [4.78, 5) is 41.7. The van der Waals surface area contributed by atoms with E-state index in [1.807, 2.05) is 13.8 Å². The van der Waals surface area contributed by atoms with Gasteiger partial charge in [0.2, 0.25) is 5.78 Å². The average Bonchev–Trinajstić information content (AvgIpc) is 3.54. The van der Waals surface area contributed by atoms with Crippen LogP contribution >= 0.6 is 0 Å². The number of rotatable bonds is 6. The van der Waals surface area contributed by atoms with Gasteiger partial charge in [0.1, 0.15) is 22.8 Å². The van der Waals surface area contributed by atoms with Crippen LogP contribution in [0.4, 0.5) is 5.69 Å². The quantitative estimate of drug-likeness (QED) is 0.210. The highest BCUT2D eigenvalue weighted by Gasteiger charge is 2.54. The second-order valence-corrected chi connectivity index (χ2v) is 10.8. The average molecular weight is 561 g/mol. The fourth-order valence-electron chi connectivity index (χ4n) is 5.50. The zero-order valence-electron chi connectivity index (χ0n) is 22.7. The normalized spacial score (nSPS) is 19.6. The van der Waals surface area contributed by atoms with E-state index < -0.39 is 22.2 Å². The van der Waals surface area contributed by atoms with E-state index >= 15 is 0 Å². The van der Waals surface area contributed by atoms with E-state index in [1.165, 1.54) is 35.1 Å². The molecule has 13 heteroatoms. The number of aromatic nitrogens is 3. The van der Waals surface area contributed by atoms with Crippen LogP contribution in [0.25, 0.3) is 22.2 Å². The van der Waals surface area contributed by atoms with Gasteiger partial charge in [0.25, 0.3) is 11.4 Å². The minimum Gasteiger partial charge on any atom is -0.507 e. The van der Waals surface area contributed by atoms with E-state index in [1.54, 1.807) is 12.1 Å². The van der Waals surface area contributed by atoms with Gasteiger partial charge in [-0.3, -0.25) is 19.8 Å². The van der Waals surface area contributed by atoms with Gasteiger partial charge < -0.3 is 19.2 Å². The van der Waals surface area contributed by atoms with Gasteiger partial charge in [0.15, 0.2) is 0 Å². The van der Waals surface area contributed by atoms with Crippen LogP contribution in [0.15, 0.2) is 51.8 Å². The molecule has 0 aliphatic carbocycles. The number of nitrogens with zero attached hydrogens (tertiary/aromatic N) is 6. The van der Waals surface area contributed by atoms with E-state index in [-0.39, 0.29) is 28.5 Å². The number of hydrogen-bond acceptors (Lipinski definition) is 11. The van der Waals surface area contributed by atoms with Crippen molar-refractivity contribution in [3.8, 4) is 22.8 Å². The highest BCUT2D eigenvalue weighted by molar-refractivity contribution is 6.09. The summed E-state index contributed by atoms with van der Waals surface area (Å²) < 4.78 is 13.5. The van der Waals surface area contributed by atoms with Crippen molar-refractivity contribution in [2.24, 2.45) is 5.92 Å². The molecule has 0 amide bonds. The maximum absolute atomic E-state index is 14.2. The van der Waals surface area contributed by atoms with Crippen LogP contribution < -0.4 is 10.4 Å². The first-order chi connectivity index (χ1) is 19.6. The maximum atomic E-state index is 14.2. The number of fused-ring (bicyclic) bond motifs is 2. The van der Waals surface area contributed by atoms with Crippen LogP contribution in [0, 0.1) is 16.0 Å². The van der Waals surface area contributed by atoms with E-state index in [0.29, 0.717) is 34.4 Å². The number of phenolic OH excluding ortho intramolecular Hbond substituents is 1. The summed E-state index contributed by atoms with van der Waals surface area (Å²) in [5.74, 6) is -0.698. The Morgan fingerprint density at radius 3 is 2.56 bits per heavy atom. The van der Waals surface area contributed by atoms with Crippen molar-refractivity contribution < 1.29 is 24.0 Å². The molecular formula is C28H28N6O7. The van der Waals surface area contributed by atoms with Gasteiger partial charge >= 0.3 is 5.63 Å². The molecule has 4 aromatic rings. The number of non-ortho nitro benzene ring substituents is 1. The number of carbonyl (C=O) groups is 1. The number of likely N-dealkylation sites (N-methyl/N-ethyl adjacent to an activating group) is 1. The third kappa shape index (κ3) is 4.33. The molecule has 0 bridgehead atoms. The molecule has 1 N–H and O–H groups in total. The summed E-state index contributed by atoms with van der Waals surface area (Å²) >= 11 is 0. The van der Waals surface area contributed by atoms with Crippen LogP contribution in [0.3, 0.4) is 0 Å². The van der Waals surface area contributed by atoms with Crippen molar-refractivity contribution in [3.05, 3.63) is 74.3 Å². The standard InChI is InChI=1S/C28H28N6O7/c1-16(2)28(33-15-22(29-30-33)19-13-18(34(38)39)5-6-23(19)35)27(37)20-12-17-4-7-24(36)40-25(17)21(26(20)41-28)14-32-10-8-31(3)9-11-32/h4-7,12-13,15-16,35H,8-11,14H2,1-3H3. The number of phenols is 1. The van der Waals surface area contributed by atoms with E-state index in [4.69, 9.17) is 9.15 Å². The number of nitro groups is 1. The predicted molar refractivity (Wildman–Crippen MR) is 147 cm³/mol. The molecule has 0 radical (unpaired) electrons. The molecule has 1 saturated heterocycles. The number of hydrogen-bond donors (Lipinski definition) is 1. The molecule has 0 saturated carbocycles. The number of aromatic hydroxyl groups is 1.